The Morgan fingerprint density at radius 1 is 1.19 bits per heavy atom. The third-order valence-electron chi connectivity index (χ3n) is 3.20. The Morgan fingerprint density at radius 3 is 2.37 bits per heavy atom. The van der Waals surface area contributed by atoms with Crippen LogP contribution in [0.1, 0.15) is 26.3 Å². The van der Waals surface area contributed by atoms with E-state index in [2.05, 4.69) is 10.1 Å². The van der Waals surface area contributed by atoms with E-state index in [-0.39, 0.29) is 19.6 Å². The minimum absolute atomic E-state index is 0.123. The number of carbonyl (C=O) groups excluding carboxylic acids is 3. The first-order valence-electron chi connectivity index (χ1n) is 8.38. The zero-order valence-electron chi connectivity index (χ0n) is 16.0. The average Bonchev–Trinajstić information content (AvgIpc) is 2.59. The van der Waals surface area contributed by atoms with Crippen LogP contribution >= 0.6 is 11.6 Å². The van der Waals surface area contributed by atoms with Crippen molar-refractivity contribution in [1.29, 1.82) is 0 Å². The van der Waals surface area contributed by atoms with Crippen LogP contribution in [0.2, 0.25) is 5.02 Å². The number of halogens is 1. The van der Waals surface area contributed by atoms with Gasteiger partial charge < -0.3 is 19.7 Å². The second kappa shape index (κ2) is 10.6. The van der Waals surface area contributed by atoms with Crippen molar-refractivity contribution >= 4 is 35.6 Å². The van der Waals surface area contributed by atoms with Crippen molar-refractivity contribution in [2.24, 2.45) is 0 Å². The molecule has 0 aromatic heterocycles. The number of amides is 2. The molecule has 0 fully saturated rings. The van der Waals surface area contributed by atoms with Gasteiger partial charge in [0.25, 0.3) is 0 Å². The Labute approximate surface area is 164 Å². The fourth-order valence-corrected chi connectivity index (χ4v) is 2.12. The van der Waals surface area contributed by atoms with Gasteiger partial charge >= 0.3 is 18.0 Å². The molecule has 1 N–H and O–H groups in total. The summed E-state index contributed by atoms with van der Waals surface area (Å²) in [4.78, 5) is 36.6. The van der Waals surface area contributed by atoms with Crippen molar-refractivity contribution in [1.82, 2.24) is 10.2 Å². The lowest BCUT2D eigenvalue weighted by atomic mass is 10.2. The predicted octanol–water partition coefficient (Wildman–Crippen LogP) is 2.88. The summed E-state index contributed by atoms with van der Waals surface area (Å²) in [6.07, 6.45) is 2.94. The zero-order valence-corrected chi connectivity index (χ0v) is 16.7. The lowest BCUT2D eigenvalue weighted by Crippen LogP contribution is -2.43. The van der Waals surface area contributed by atoms with E-state index >= 15 is 0 Å². The quantitative estimate of drug-likeness (QED) is 0.590. The molecule has 0 atom stereocenters. The average molecular weight is 397 g/mol. The van der Waals surface area contributed by atoms with Crippen LogP contribution in [0.3, 0.4) is 0 Å². The van der Waals surface area contributed by atoms with Crippen molar-refractivity contribution in [3.05, 3.63) is 40.9 Å². The van der Waals surface area contributed by atoms with Gasteiger partial charge in [-0.25, -0.2) is 9.59 Å². The van der Waals surface area contributed by atoms with Crippen LogP contribution in [-0.2, 0) is 19.1 Å². The van der Waals surface area contributed by atoms with E-state index in [9.17, 15) is 14.4 Å². The standard InChI is InChI=1S/C19H25ClN2O5/c1-19(2,3)27-18(25)21-11-13-22(16(23)17(24)26-4)12-5-6-14-7-9-15(20)10-8-14/h5-10H,11-13H2,1-4H3,(H,21,25). The first-order valence-corrected chi connectivity index (χ1v) is 8.76. The van der Waals surface area contributed by atoms with Crippen molar-refractivity contribution < 1.29 is 23.9 Å². The molecule has 0 spiro atoms. The molecule has 7 nitrogen and oxygen atoms in total. The number of carbonyl (C=O) groups is 3. The molecule has 8 heteroatoms. The number of benzene rings is 1. The lowest BCUT2D eigenvalue weighted by molar-refractivity contribution is -0.157. The highest BCUT2D eigenvalue weighted by Crippen LogP contribution is 2.10. The van der Waals surface area contributed by atoms with Gasteiger partial charge in [0.05, 0.1) is 7.11 Å². The molecule has 0 aliphatic carbocycles. The highest BCUT2D eigenvalue weighted by molar-refractivity contribution is 6.32. The number of alkyl carbamates (subject to hydrolysis) is 1. The van der Waals surface area contributed by atoms with E-state index in [1.165, 1.54) is 4.90 Å². The highest BCUT2D eigenvalue weighted by atomic mass is 35.5. The molecule has 1 aromatic rings. The monoisotopic (exact) mass is 396 g/mol. The van der Waals surface area contributed by atoms with Gasteiger partial charge in [-0.2, -0.15) is 0 Å². The van der Waals surface area contributed by atoms with E-state index in [1.54, 1.807) is 45.1 Å². The van der Waals surface area contributed by atoms with E-state index < -0.39 is 23.6 Å². The van der Waals surface area contributed by atoms with E-state index in [0.29, 0.717) is 5.02 Å². The smallest absolute Gasteiger partial charge is 0.407 e. The highest BCUT2D eigenvalue weighted by Gasteiger charge is 2.22. The number of nitrogens with zero attached hydrogens (tertiary/aromatic N) is 1. The molecule has 148 valence electrons. The normalized spacial score (nSPS) is 11.1. The van der Waals surface area contributed by atoms with Crippen LogP contribution in [0.5, 0.6) is 0 Å². The number of esters is 1. The van der Waals surface area contributed by atoms with E-state index in [1.807, 2.05) is 12.1 Å². The Hall–Kier alpha value is -2.54. The molecular formula is C19H25ClN2O5. The Balaban J connectivity index is 2.64. The van der Waals surface area contributed by atoms with Crippen LogP contribution in [0.15, 0.2) is 30.3 Å². The SMILES string of the molecule is COC(=O)C(=O)N(CC=Cc1ccc(Cl)cc1)CCNC(=O)OC(C)(C)C. The Morgan fingerprint density at radius 2 is 1.81 bits per heavy atom. The van der Waals surface area contributed by atoms with Crippen LogP contribution < -0.4 is 5.32 Å². The molecule has 0 heterocycles. The first kappa shape index (κ1) is 22.5. The maximum absolute atomic E-state index is 12.1. The van der Waals surface area contributed by atoms with Crippen molar-refractivity contribution in [2.75, 3.05) is 26.7 Å². The molecule has 0 saturated carbocycles. The molecule has 2 amide bonds. The number of methoxy groups -OCH3 is 1. The van der Waals surface area contributed by atoms with Gasteiger partial charge in [0.1, 0.15) is 5.60 Å². The van der Waals surface area contributed by atoms with Gasteiger partial charge in [-0.15, -0.1) is 0 Å². The van der Waals surface area contributed by atoms with Gasteiger partial charge in [-0.1, -0.05) is 35.9 Å². The van der Waals surface area contributed by atoms with Gasteiger partial charge in [0.15, 0.2) is 0 Å². The fraction of sp³-hybridized carbons (Fsp3) is 0.421. The summed E-state index contributed by atoms with van der Waals surface area (Å²) in [5.41, 5.74) is 0.282. The molecule has 0 radical (unpaired) electrons. The van der Waals surface area contributed by atoms with Crippen molar-refractivity contribution in [2.45, 2.75) is 26.4 Å². The molecule has 0 bridgehead atoms. The second-order valence-corrected chi connectivity index (χ2v) is 7.06. The molecule has 0 unspecified atom stereocenters. The summed E-state index contributed by atoms with van der Waals surface area (Å²) in [7, 11) is 1.14. The molecular weight excluding hydrogens is 372 g/mol. The third kappa shape index (κ3) is 9.10. The predicted molar refractivity (Wildman–Crippen MR) is 103 cm³/mol. The minimum Gasteiger partial charge on any atom is -0.462 e. The minimum atomic E-state index is -0.966. The summed E-state index contributed by atoms with van der Waals surface area (Å²) in [5, 5.41) is 3.18. The van der Waals surface area contributed by atoms with Crippen LogP contribution in [0.4, 0.5) is 4.79 Å². The summed E-state index contributed by atoms with van der Waals surface area (Å²) >= 11 is 5.84. The fourth-order valence-electron chi connectivity index (χ4n) is 1.99. The molecule has 0 aliphatic heterocycles. The van der Waals surface area contributed by atoms with Gasteiger partial charge in [0, 0.05) is 24.7 Å². The van der Waals surface area contributed by atoms with Crippen LogP contribution in [0.25, 0.3) is 6.08 Å². The summed E-state index contributed by atoms with van der Waals surface area (Å²) in [6.45, 7) is 5.68. The first-order chi connectivity index (χ1) is 12.6. The number of hydrogen-bond donors (Lipinski definition) is 1. The van der Waals surface area contributed by atoms with E-state index in [0.717, 1.165) is 12.7 Å². The van der Waals surface area contributed by atoms with Crippen molar-refractivity contribution in [3.63, 3.8) is 0 Å². The van der Waals surface area contributed by atoms with E-state index in [4.69, 9.17) is 16.3 Å². The maximum Gasteiger partial charge on any atom is 0.407 e. The Kier molecular flexibility index (Phi) is 8.81. The van der Waals surface area contributed by atoms with Crippen LogP contribution in [-0.4, -0.2) is 55.2 Å². The molecule has 0 aliphatic rings. The number of hydrogen-bond acceptors (Lipinski definition) is 5. The lowest BCUT2D eigenvalue weighted by Gasteiger charge is -2.22. The molecule has 0 saturated heterocycles. The number of nitrogens with one attached hydrogen (secondary N) is 1. The molecule has 1 aromatic carbocycles. The summed E-state index contributed by atoms with van der Waals surface area (Å²) in [6, 6.07) is 7.16. The number of rotatable bonds is 6. The largest absolute Gasteiger partial charge is 0.462 e. The Bertz CT molecular complexity index is 680. The molecule has 1 rings (SSSR count). The number of ether oxygens (including phenoxy) is 2. The topological polar surface area (TPSA) is 84.9 Å². The van der Waals surface area contributed by atoms with Gasteiger partial charge in [0.2, 0.25) is 0 Å². The zero-order chi connectivity index (χ0) is 20.4. The molecule has 27 heavy (non-hydrogen) atoms. The summed E-state index contributed by atoms with van der Waals surface area (Å²) in [5.74, 6) is -1.75. The van der Waals surface area contributed by atoms with Gasteiger partial charge in [-0.3, -0.25) is 4.79 Å². The van der Waals surface area contributed by atoms with Crippen LogP contribution in [0, 0.1) is 0 Å². The second-order valence-electron chi connectivity index (χ2n) is 6.63. The summed E-state index contributed by atoms with van der Waals surface area (Å²) < 4.78 is 9.61. The van der Waals surface area contributed by atoms with Gasteiger partial charge in [-0.05, 0) is 38.5 Å². The maximum atomic E-state index is 12.1. The third-order valence-corrected chi connectivity index (χ3v) is 3.46. The van der Waals surface area contributed by atoms with Crippen molar-refractivity contribution in [3.8, 4) is 0 Å².